The van der Waals surface area contributed by atoms with E-state index in [4.69, 9.17) is 4.98 Å². The standard InChI is InChI=1S/C18H17NS2/c1-2-13-20-18-19-16(14-9-5-3-6-10-14)17(21-18)15-11-7-4-8-12-15/h3-12H,2,13H2,1H3. The Balaban J connectivity index is 2.06. The van der Waals surface area contributed by atoms with Crippen molar-refractivity contribution >= 4 is 23.1 Å². The molecule has 0 spiro atoms. The lowest BCUT2D eigenvalue weighted by atomic mass is 10.1. The van der Waals surface area contributed by atoms with Crippen molar-refractivity contribution in [2.75, 3.05) is 5.75 Å². The lowest BCUT2D eigenvalue weighted by molar-refractivity contribution is 1.10. The second-order valence-electron chi connectivity index (χ2n) is 4.74. The zero-order valence-corrected chi connectivity index (χ0v) is 13.6. The molecular formula is C18H17NS2. The fourth-order valence-electron chi connectivity index (χ4n) is 2.13. The Morgan fingerprint density at radius 2 is 1.52 bits per heavy atom. The quantitative estimate of drug-likeness (QED) is 0.538. The molecule has 106 valence electrons. The van der Waals surface area contributed by atoms with Gasteiger partial charge in [-0.25, -0.2) is 4.98 Å². The summed E-state index contributed by atoms with van der Waals surface area (Å²) >= 11 is 3.65. The van der Waals surface area contributed by atoms with Gasteiger partial charge in [-0.05, 0) is 12.0 Å². The van der Waals surface area contributed by atoms with Crippen LogP contribution in [-0.2, 0) is 0 Å². The molecule has 3 aromatic rings. The summed E-state index contributed by atoms with van der Waals surface area (Å²) in [5.74, 6) is 1.12. The van der Waals surface area contributed by atoms with E-state index in [1.54, 1.807) is 11.3 Å². The van der Waals surface area contributed by atoms with Crippen LogP contribution in [-0.4, -0.2) is 10.7 Å². The van der Waals surface area contributed by atoms with E-state index >= 15 is 0 Å². The van der Waals surface area contributed by atoms with E-state index < -0.39 is 0 Å². The lowest BCUT2D eigenvalue weighted by Crippen LogP contribution is -1.81. The smallest absolute Gasteiger partial charge is 0.151 e. The van der Waals surface area contributed by atoms with E-state index in [9.17, 15) is 0 Å². The largest absolute Gasteiger partial charge is 0.229 e. The van der Waals surface area contributed by atoms with Gasteiger partial charge in [-0.1, -0.05) is 79.3 Å². The van der Waals surface area contributed by atoms with E-state index in [2.05, 4.69) is 61.5 Å². The Bertz CT molecular complexity index is 633. The lowest BCUT2D eigenvalue weighted by Gasteiger charge is -2.02. The van der Waals surface area contributed by atoms with Crippen LogP contribution in [0.4, 0.5) is 0 Å². The molecule has 0 saturated heterocycles. The summed E-state index contributed by atoms with van der Waals surface area (Å²) in [4.78, 5) is 6.14. The first kappa shape index (κ1) is 14.4. The number of hydrogen-bond acceptors (Lipinski definition) is 3. The van der Waals surface area contributed by atoms with Gasteiger partial charge in [0.25, 0.3) is 0 Å². The first-order valence-corrected chi connectivity index (χ1v) is 8.93. The maximum absolute atomic E-state index is 4.88. The van der Waals surface area contributed by atoms with Crippen LogP contribution >= 0.6 is 23.1 Å². The number of benzene rings is 2. The number of aromatic nitrogens is 1. The van der Waals surface area contributed by atoms with E-state index in [1.165, 1.54) is 22.4 Å². The predicted octanol–water partition coefficient (Wildman–Crippen LogP) is 5.98. The van der Waals surface area contributed by atoms with Gasteiger partial charge < -0.3 is 0 Å². The highest BCUT2D eigenvalue weighted by atomic mass is 32.2. The molecule has 3 heteroatoms. The second kappa shape index (κ2) is 6.92. The molecule has 0 unspecified atom stereocenters. The minimum atomic E-state index is 1.10. The Morgan fingerprint density at radius 3 is 2.14 bits per heavy atom. The normalized spacial score (nSPS) is 10.7. The topological polar surface area (TPSA) is 12.9 Å². The highest BCUT2D eigenvalue weighted by Crippen LogP contribution is 2.40. The molecule has 0 aliphatic heterocycles. The third-order valence-electron chi connectivity index (χ3n) is 3.12. The molecule has 0 bridgehead atoms. The summed E-state index contributed by atoms with van der Waals surface area (Å²) in [5.41, 5.74) is 3.54. The van der Waals surface area contributed by atoms with Crippen molar-refractivity contribution < 1.29 is 0 Å². The molecular weight excluding hydrogens is 294 g/mol. The van der Waals surface area contributed by atoms with Crippen LogP contribution in [0.15, 0.2) is 65.0 Å². The molecule has 0 amide bonds. The number of rotatable bonds is 5. The van der Waals surface area contributed by atoms with Gasteiger partial charge in [0.05, 0.1) is 10.6 Å². The van der Waals surface area contributed by atoms with Crippen molar-refractivity contribution in [2.45, 2.75) is 17.7 Å². The van der Waals surface area contributed by atoms with Crippen molar-refractivity contribution in [1.29, 1.82) is 0 Å². The molecule has 2 aromatic carbocycles. The van der Waals surface area contributed by atoms with E-state index in [0.29, 0.717) is 0 Å². The number of nitrogens with zero attached hydrogens (tertiary/aromatic N) is 1. The van der Waals surface area contributed by atoms with Crippen LogP contribution in [0.1, 0.15) is 13.3 Å². The third kappa shape index (κ3) is 3.36. The molecule has 0 aliphatic carbocycles. The van der Waals surface area contributed by atoms with Crippen LogP contribution in [0.5, 0.6) is 0 Å². The second-order valence-corrected chi connectivity index (χ2v) is 7.08. The van der Waals surface area contributed by atoms with Crippen molar-refractivity contribution in [3.05, 3.63) is 60.7 Å². The monoisotopic (exact) mass is 311 g/mol. The number of hydrogen-bond donors (Lipinski definition) is 0. The SMILES string of the molecule is CCCSc1nc(-c2ccccc2)c(-c2ccccc2)s1. The number of thiazole rings is 1. The summed E-state index contributed by atoms with van der Waals surface area (Å²) in [6.07, 6.45) is 1.17. The van der Waals surface area contributed by atoms with Crippen LogP contribution in [0.3, 0.4) is 0 Å². The molecule has 21 heavy (non-hydrogen) atoms. The summed E-state index contributed by atoms with van der Waals surface area (Å²) in [7, 11) is 0. The molecule has 0 fully saturated rings. The van der Waals surface area contributed by atoms with Gasteiger partial charge in [-0.15, -0.1) is 11.3 Å². The fourth-order valence-corrected chi connectivity index (χ4v) is 4.22. The molecule has 0 saturated carbocycles. The van der Waals surface area contributed by atoms with Crippen LogP contribution in [0, 0.1) is 0 Å². The molecule has 1 nitrogen and oxygen atoms in total. The minimum Gasteiger partial charge on any atom is -0.229 e. The predicted molar refractivity (Wildman–Crippen MR) is 94.0 cm³/mol. The van der Waals surface area contributed by atoms with Gasteiger partial charge in [-0.2, -0.15) is 0 Å². The van der Waals surface area contributed by atoms with Gasteiger partial charge in [-0.3, -0.25) is 0 Å². The van der Waals surface area contributed by atoms with Gasteiger partial charge in [0.2, 0.25) is 0 Å². The molecule has 1 aromatic heterocycles. The minimum absolute atomic E-state index is 1.10. The number of thioether (sulfide) groups is 1. The summed E-state index contributed by atoms with van der Waals surface area (Å²) in [6, 6.07) is 21.0. The van der Waals surface area contributed by atoms with E-state index in [-0.39, 0.29) is 0 Å². The van der Waals surface area contributed by atoms with Gasteiger partial charge in [0.1, 0.15) is 0 Å². The Kier molecular flexibility index (Phi) is 4.73. The molecule has 0 atom stereocenters. The highest BCUT2D eigenvalue weighted by molar-refractivity contribution is 8.01. The Hall–Kier alpha value is -1.58. The molecule has 3 rings (SSSR count). The fraction of sp³-hybridized carbons (Fsp3) is 0.167. The third-order valence-corrected chi connectivity index (χ3v) is 5.57. The molecule has 0 N–H and O–H groups in total. The maximum Gasteiger partial charge on any atom is 0.151 e. The molecule has 1 heterocycles. The Labute approximate surface area is 134 Å². The van der Waals surface area contributed by atoms with Gasteiger partial charge in [0, 0.05) is 11.3 Å². The van der Waals surface area contributed by atoms with Crippen molar-refractivity contribution in [3.63, 3.8) is 0 Å². The van der Waals surface area contributed by atoms with Crippen LogP contribution in [0.2, 0.25) is 0 Å². The van der Waals surface area contributed by atoms with E-state index in [1.807, 2.05) is 17.8 Å². The summed E-state index contributed by atoms with van der Waals surface area (Å²) in [5, 5.41) is 0. The van der Waals surface area contributed by atoms with Crippen molar-refractivity contribution in [1.82, 2.24) is 4.98 Å². The highest BCUT2D eigenvalue weighted by Gasteiger charge is 2.14. The van der Waals surface area contributed by atoms with Crippen LogP contribution in [0.25, 0.3) is 21.7 Å². The average Bonchev–Trinajstić information content (AvgIpc) is 2.99. The summed E-state index contributed by atoms with van der Waals surface area (Å²) < 4.78 is 1.16. The van der Waals surface area contributed by atoms with Gasteiger partial charge in [0.15, 0.2) is 4.34 Å². The van der Waals surface area contributed by atoms with Crippen molar-refractivity contribution in [2.24, 2.45) is 0 Å². The average molecular weight is 311 g/mol. The van der Waals surface area contributed by atoms with E-state index in [0.717, 1.165) is 15.8 Å². The summed E-state index contributed by atoms with van der Waals surface area (Å²) in [6.45, 7) is 2.21. The first-order chi connectivity index (χ1) is 10.4. The van der Waals surface area contributed by atoms with Crippen LogP contribution < -0.4 is 0 Å². The Morgan fingerprint density at radius 1 is 0.905 bits per heavy atom. The molecule has 0 aliphatic rings. The first-order valence-electron chi connectivity index (χ1n) is 7.13. The zero-order chi connectivity index (χ0) is 14.5. The van der Waals surface area contributed by atoms with Gasteiger partial charge >= 0.3 is 0 Å². The van der Waals surface area contributed by atoms with Crippen molar-refractivity contribution in [3.8, 4) is 21.7 Å². The zero-order valence-electron chi connectivity index (χ0n) is 12.0. The maximum atomic E-state index is 4.88. The molecule has 0 radical (unpaired) electrons.